The molecule has 2 N–H and O–H groups in total. The van der Waals surface area contributed by atoms with E-state index in [2.05, 4.69) is 20.5 Å². The van der Waals surface area contributed by atoms with Crippen LogP contribution in [0.25, 0.3) is 0 Å². The van der Waals surface area contributed by atoms with E-state index < -0.39 is 0 Å². The van der Waals surface area contributed by atoms with Gasteiger partial charge in [-0.2, -0.15) is 11.8 Å². The van der Waals surface area contributed by atoms with Crippen LogP contribution in [0.4, 0.5) is 4.39 Å². The van der Waals surface area contributed by atoms with Gasteiger partial charge in [0, 0.05) is 45.5 Å². The number of benzene rings is 1. The number of aliphatic imine (C=N–C) groups is 1. The number of rotatable bonds is 7. The lowest BCUT2D eigenvalue weighted by Crippen LogP contribution is -2.44. The molecule has 1 fully saturated rings. The molecule has 0 unspecified atom stereocenters. The van der Waals surface area contributed by atoms with Crippen molar-refractivity contribution in [3.8, 4) is 0 Å². The van der Waals surface area contributed by atoms with E-state index in [0.717, 1.165) is 62.2 Å². The van der Waals surface area contributed by atoms with Crippen molar-refractivity contribution >= 4 is 17.7 Å². The van der Waals surface area contributed by atoms with Gasteiger partial charge in [-0.05, 0) is 29.5 Å². The molecule has 7 heteroatoms. The number of halogens is 1. The maximum atomic E-state index is 13.4. The molecule has 134 valence electrons. The first-order chi connectivity index (χ1) is 11.7. The second kappa shape index (κ2) is 10.5. The second-order valence-electron chi connectivity index (χ2n) is 5.65. The molecule has 0 aromatic heterocycles. The summed E-state index contributed by atoms with van der Waals surface area (Å²) in [5.74, 6) is 1.39. The van der Waals surface area contributed by atoms with E-state index in [-0.39, 0.29) is 5.82 Å². The molecule has 1 aromatic carbocycles. The lowest BCUT2D eigenvalue weighted by molar-refractivity contribution is 0.0389. The first-order valence-corrected chi connectivity index (χ1v) is 9.63. The smallest absolute Gasteiger partial charge is 0.191 e. The molecule has 0 amide bonds. The Bertz CT molecular complexity index is 535. The van der Waals surface area contributed by atoms with Crippen LogP contribution in [0.2, 0.25) is 0 Å². The SMILES string of the molecule is CN=C(NCCN1CCOCC1)NCc1ccc(F)cc1CSC. The molecule has 0 spiro atoms. The van der Waals surface area contributed by atoms with Gasteiger partial charge in [-0.15, -0.1) is 0 Å². The molecule has 0 radical (unpaired) electrons. The van der Waals surface area contributed by atoms with Gasteiger partial charge in [-0.1, -0.05) is 6.07 Å². The number of nitrogens with one attached hydrogen (secondary N) is 2. The average Bonchev–Trinajstić information content (AvgIpc) is 2.60. The molecule has 5 nitrogen and oxygen atoms in total. The van der Waals surface area contributed by atoms with Crippen LogP contribution < -0.4 is 10.6 Å². The van der Waals surface area contributed by atoms with Crippen molar-refractivity contribution in [1.29, 1.82) is 0 Å². The number of morpholine rings is 1. The molecule has 1 aliphatic rings. The Balaban J connectivity index is 1.78. The zero-order valence-corrected chi connectivity index (χ0v) is 15.3. The van der Waals surface area contributed by atoms with Gasteiger partial charge in [0.1, 0.15) is 5.82 Å². The monoisotopic (exact) mass is 354 g/mol. The van der Waals surface area contributed by atoms with Crippen molar-refractivity contribution in [1.82, 2.24) is 15.5 Å². The molecule has 1 saturated heterocycles. The maximum absolute atomic E-state index is 13.4. The molecule has 0 atom stereocenters. The Morgan fingerprint density at radius 3 is 2.79 bits per heavy atom. The third kappa shape index (κ3) is 6.30. The molecule has 1 aromatic rings. The summed E-state index contributed by atoms with van der Waals surface area (Å²) in [6.45, 7) is 6.04. The minimum Gasteiger partial charge on any atom is -0.379 e. The van der Waals surface area contributed by atoms with E-state index in [1.807, 2.05) is 12.3 Å². The number of guanidine groups is 1. The lowest BCUT2D eigenvalue weighted by Gasteiger charge is -2.26. The van der Waals surface area contributed by atoms with Gasteiger partial charge < -0.3 is 15.4 Å². The summed E-state index contributed by atoms with van der Waals surface area (Å²) in [7, 11) is 1.76. The summed E-state index contributed by atoms with van der Waals surface area (Å²) < 4.78 is 18.7. The van der Waals surface area contributed by atoms with Gasteiger partial charge in [-0.3, -0.25) is 9.89 Å². The van der Waals surface area contributed by atoms with Crippen LogP contribution in [0, 0.1) is 5.82 Å². The predicted molar refractivity (Wildman–Crippen MR) is 99.1 cm³/mol. The topological polar surface area (TPSA) is 48.9 Å². The van der Waals surface area contributed by atoms with Crippen molar-refractivity contribution in [3.05, 3.63) is 35.1 Å². The highest BCUT2D eigenvalue weighted by atomic mass is 32.2. The summed E-state index contributed by atoms with van der Waals surface area (Å²) in [4.78, 5) is 6.63. The van der Waals surface area contributed by atoms with Crippen LogP contribution >= 0.6 is 11.8 Å². The molecule has 1 heterocycles. The molecular weight excluding hydrogens is 327 g/mol. The third-order valence-corrected chi connectivity index (χ3v) is 4.56. The quantitative estimate of drug-likeness (QED) is 0.576. The highest BCUT2D eigenvalue weighted by Crippen LogP contribution is 2.16. The van der Waals surface area contributed by atoms with E-state index in [0.29, 0.717) is 6.54 Å². The first-order valence-electron chi connectivity index (χ1n) is 8.24. The minimum absolute atomic E-state index is 0.184. The standard InChI is InChI=1S/C17H27FN4OS/c1-19-17(20-5-6-22-7-9-23-10-8-22)21-12-14-3-4-16(18)11-15(14)13-24-2/h3-4,11H,5-10,12-13H2,1-2H3,(H2,19,20,21). The van der Waals surface area contributed by atoms with Gasteiger partial charge in [0.25, 0.3) is 0 Å². The van der Waals surface area contributed by atoms with Crippen molar-refractivity contribution in [2.75, 3.05) is 52.7 Å². The lowest BCUT2D eigenvalue weighted by atomic mass is 10.1. The highest BCUT2D eigenvalue weighted by molar-refractivity contribution is 7.97. The Labute approximate surface area is 148 Å². The summed E-state index contributed by atoms with van der Waals surface area (Å²) in [5.41, 5.74) is 2.13. The Morgan fingerprint density at radius 1 is 1.29 bits per heavy atom. The van der Waals surface area contributed by atoms with Gasteiger partial charge in [0.2, 0.25) is 0 Å². The Morgan fingerprint density at radius 2 is 2.08 bits per heavy atom. The number of nitrogens with zero attached hydrogens (tertiary/aromatic N) is 2. The van der Waals surface area contributed by atoms with E-state index >= 15 is 0 Å². The van der Waals surface area contributed by atoms with Gasteiger partial charge in [0.05, 0.1) is 13.2 Å². The van der Waals surface area contributed by atoms with Gasteiger partial charge in [-0.25, -0.2) is 4.39 Å². The fourth-order valence-electron chi connectivity index (χ4n) is 2.61. The van der Waals surface area contributed by atoms with Crippen LogP contribution in [-0.4, -0.2) is 63.6 Å². The molecule has 0 saturated carbocycles. The van der Waals surface area contributed by atoms with Crippen LogP contribution in [0.5, 0.6) is 0 Å². The largest absolute Gasteiger partial charge is 0.379 e. The molecule has 24 heavy (non-hydrogen) atoms. The second-order valence-corrected chi connectivity index (χ2v) is 6.52. The predicted octanol–water partition coefficient (Wildman–Crippen LogP) is 1.69. The first kappa shape index (κ1) is 19.0. The van der Waals surface area contributed by atoms with Gasteiger partial charge in [0.15, 0.2) is 5.96 Å². The average molecular weight is 354 g/mol. The van der Waals surface area contributed by atoms with Crippen LogP contribution in [0.15, 0.2) is 23.2 Å². The maximum Gasteiger partial charge on any atom is 0.191 e. The van der Waals surface area contributed by atoms with Gasteiger partial charge >= 0.3 is 0 Å². The van der Waals surface area contributed by atoms with Crippen LogP contribution in [-0.2, 0) is 17.0 Å². The van der Waals surface area contributed by atoms with E-state index in [1.165, 1.54) is 6.07 Å². The van der Waals surface area contributed by atoms with Crippen molar-refractivity contribution in [2.45, 2.75) is 12.3 Å². The van der Waals surface area contributed by atoms with E-state index in [4.69, 9.17) is 4.74 Å². The number of hydrogen-bond donors (Lipinski definition) is 2. The molecule has 0 bridgehead atoms. The number of thioether (sulfide) groups is 1. The number of hydrogen-bond acceptors (Lipinski definition) is 4. The van der Waals surface area contributed by atoms with Crippen LogP contribution in [0.1, 0.15) is 11.1 Å². The normalized spacial score (nSPS) is 16.2. The summed E-state index contributed by atoms with van der Waals surface area (Å²) in [5, 5.41) is 6.63. The minimum atomic E-state index is -0.184. The number of ether oxygens (including phenoxy) is 1. The van der Waals surface area contributed by atoms with Crippen LogP contribution in [0.3, 0.4) is 0 Å². The Hall–Kier alpha value is -1.31. The third-order valence-electron chi connectivity index (χ3n) is 3.96. The molecule has 2 rings (SSSR count). The Kier molecular flexibility index (Phi) is 8.35. The summed E-state index contributed by atoms with van der Waals surface area (Å²) in [6, 6.07) is 4.96. The van der Waals surface area contributed by atoms with E-state index in [9.17, 15) is 4.39 Å². The van der Waals surface area contributed by atoms with E-state index in [1.54, 1.807) is 24.9 Å². The van der Waals surface area contributed by atoms with Crippen molar-refractivity contribution in [2.24, 2.45) is 4.99 Å². The zero-order chi connectivity index (χ0) is 17.2. The fraction of sp³-hybridized carbons (Fsp3) is 0.588. The molecule has 1 aliphatic heterocycles. The highest BCUT2D eigenvalue weighted by Gasteiger charge is 2.10. The van der Waals surface area contributed by atoms with Crippen molar-refractivity contribution < 1.29 is 9.13 Å². The van der Waals surface area contributed by atoms with Crippen molar-refractivity contribution in [3.63, 3.8) is 0 Å². The zero-order valence-electron chi connectivity index (χ0n) is 14.5. The molecule has 0 aliphatic carbocycles. The summed E-state index contributed by atoms with van der Waals surface area (Å²) in [6.07, 6.45) is 2.02. The molecular formula is C17H27FN4OS. The summed E-state index contributed by atoms with van der Waals surface area (Å²) >= 11 is 1.69. The fourth-order valence-corrected chi connectivity index (χ4v) is 3.19.